The number of nitrogens with zero attached hydrogens (tertiary/aromatic N) is 3. The third-order valence-corrected chi connectivity index (χ3v) is 5.55. The Hall–Kier alpha value is -2.51. The van der Waals surface area contributed by atoms with E-state index in [0.717, 1.165) is 36.3 Å². The fourth-order valence-electron chi connectivity index (χ4n) is 3.10. The zero-order valence-corrected chi connectivity index (χ0v) is 16.7. The Labute approximate surface area is 168 Å². The molecule has 1 saturated heterocycles. The third-order valence-electron chi connectivity index (χ3n) is 4.61. The first-order chi connectivity index (χ1) is 13.8. The van der Waals surface area contributed by atoms with Gasteiger partial charge >= 0.3 is 0 Å². The van der Waals surface area contributed by atoms with E-state index in [9.17, 15) is 0 Å². The fraction of sp³-hybridized carbons (Fsp3) is 0.333. The van der Waals surface area contributed by atoms with Gasteiger partial charge in [0, 0.05) is 37.2 Å². The fourth-order valence-corrected chi connectivity index (χ4v) is 4.08. The van der Waals surface area contributed by atoms with Crippen LogP contribution in [0.25, 0.3) is 10.9 Å². The SMILES string of the molecule is COc1cc2c(Oc3ccccc3)ncnc2cc1OCCN1CCSCC1. The Morgan fingerprint density at radius 1 is 1.04 bits per heavy atom. The Morgan fingerprint density at radius 3 is 2.64 bits per heavy atom. The Bertz CT molecular complexity index is 917. The molecule has 0 atom stereocenters. The van der Waals surface area contributed by atoms with E-state index in [4.69, 9.17) is 14.2 Å². The maximum absolute atomic E-state index is 6.02. The van der Waals surface area contributed by atoms with Gasteiger partial charge in [0.15, 0.2) is 11.5 Å². The van der Waals surface area contributed by atoms with E-state index < -0.39 is 0 Å². The number of methoxy groups -OCH3 is 1. The second kappa shape index (κ2) is 9.12. The van der Waals surface area contributed by atoms with Crippen molar-refractivity contribution in [3.05, 3.63) is 48.8 Å². The molecule has 1 aliphatic rings. The highest BCUT2D eigenvalue weighted by atomic mass is 32.2. The van der Waals surface area contributed by atoms with Gasteiger partial charge in [-0.25, -0.2) is 9.97 Å². The van der Waals surface area contributed by atoms with Crippen molar-refractivity contribution in [2.45, 2.75) is 0 Å². The van der Waals surface area contributed by atoms with Crippen molar-refractivity contribution in [2.75, 3.05) is 44.9 Å². The zero-order valence-electron chi connectivity index (χ0n) is 15.8. The average Bonchev–Trinajstić information content (AvgIpc) is 2.75. The van der Waals surface area contributed by atoms with Gasteiger partial charge < -0.3 is 14.2 Å². The summed E-state index contributed by atoms with van der Waals surface area (Å²) in [7, 11) is 1.64. The lowest BCUT2D eigenvalue weighted by molar-refractivity contribution is 0.217. The van der Waals surface area contributed by atoms with Crippen LogP contribution in [0.15, 0.2) is 48.8 Å². The minimum absolute atomic E-state index is 0.492. The van der Waals surface area contributed by atoms with Crippen molar-refractivity contribution < 1.29 is 14.2 Å². The zero-order chi connectivity index (χ0) is 19.2. The number of hydrogen-bond acceptors (Lipinski definition) is 7. The molecule has 0 amide bonds. The third kappa shape index (κ3) is 4.48. The van der Waals surface area contributed by atoms with E-state index in [1.54, 1.807) is 7.11 Å². The summed E-state index contributed by atoms with van der Waals surface area (Å²) in [4.78, 5) is 11.1. The first-order valence-corrected chi connectivity index (χ1v) is 10.5. The van der Waals surface area contributed by atoms with Gasteiger partial charge in [-0.2, -0.15) is 11.8 Å². The predicted molar refractivity (Wildman–Crippen MR) is 112 cm³/mol. The summed E-state index contributed by atoms with van der Waals surface area (Å²) in [5.74, 6) is 4.94. The largest absolute Gasteiger partial charge is 0.493 e. The molecule has 0 N–H and O–H groups in total. The van der Waals surface area contributed by atoms with Crippen LogP contribution in [0.5, 0.6) is 23.1 Å². The molecule has 0 aliphatic carbocycles. The van der Waals surface area contributed by atoms with E-state index in [-0.39, 0.29) is 0 Å². The van der Waals surface area contributed by atoms with Crippen molar-refractivity contribution in [1.82, 2.24) is 14.9 Å². The highest BCUT2D eigenvalue weighted by molar-refractivity contribution is 7.99. The van der Waals surface area contributed by atoms with Gasteiger partial charge in [-0.3, -0.25) is 4.90 Å². The molecule has 7 heteroatoms. The molecule has 3 aromatic rings. The molecule has 0 spiro atoms. The van der Waals surface area contributed by atoms with Crippen molar-refractivity contribution in [1.29, 1.82) is 0 Å². The van der Waals surface area contributed by atoms with Crippen LogP contribution in [0.4, 0.5) is 0 Å². The van der Waals surface area contributed by atoms with Crippen LogP contribution in [-0.4, -0.2) is 59.7 Å². The number of fused-ring (bicyclic) bond motifs is 1. The second-order valence-electron chi connectivity index (χ2n) is 6.42. The van der Waals surface area contributed by atoms with Crippen LogP contribution in [0.1, 0.15) is 0 Å². The van der Waals surface area contributed by atoms with E-state index in [1.807, 2.05) is 54.2 Å². The van der Waals surface area contributed by atoms with Gasteiger partial charge in [0.1, 0.15) is 18.7 Å². The lowest BCUT2D eigenvalue weighted by Gasteiger charge is -2.26. The van der Waals surface area contributed by atoms with Gasteiger partial charge in [-0.1, -0.05) is 18.2 Å². The van der Waals surface area contributed by atoms with Gasteiger partial charge in [0.2, 0.25) is 5.88 Å². The summed E-state index contributed by atoms with van der Waals surface area (Å²) < 4.78 is 17.5. The lowest BCUT2D eigenvalue weighted by Crippen LogP contribution is -2.35. The first kappa shape index (κ1) is 18.8. The number of rotatable bonds is 7. The molecule has 28 heavy (non-hydrogen) atoms. The maximum Gasteiger partial charge on any atom is 0.230 e. The number of thioether (sulfide) groups is 1. The van der Waals surface area contributed by atoms with Crippen LogP contribution < -0.4 is 14.2 Å². The molecule has 6 nitrogen and oxygen atoms in total. The summed E-state index contributed by atoms with van der Waals surface area (Å²) in [5, 5.41) is 0.781. The Balaban J connectivity index is 1.53. The maximum atomic E-state index is 6.02. The molecule has 0 saturated carbocycles. The summed E-state index contributed by atoms with van der Waals surface area (Å²) in [6.45, 7) is 3.77. The van der Waals surface area contributed by atoms with Gasteiger partial charge in [0.25, 0.3) is 0 Å². The van der Waals surface area contributed by atoms with Crippen molar-refractivity contribution in [3.63, 3.8) is 0 Å². The van der Waals surface area contributed by atoms with Crippen molar-refractivity contribution in [2.24, 2.45) is 0 Å². The molecular weight excluding hydrogens is 374 g/mol. The molecule has 4 rings (SSSR count). The summed E-state index contributed by atoms with van der Waals surface area (Å²) in [6.07, 6.45) is 1.50. The standard InChI is InChI=1S/C21H23N3O3S/c1-25-19-13-17-18(14-20(19)26-10-7-24-8-11-28-12-9-24)22-15-23-21(17)27-16-5-3-2-4-6-16/h2-6,13-15H,7-12H2,1H3. The van der Waals surface area contributed by atoms with Crippen LogP contribution in [0, 0.1) is 0 Å². The second-order valence-corrected chi connectivity index (χ2v) is 7.64. The monoisotopic (exact) mass is 397 g/mol. The molecule has 146 valence electrons. The Morgan fingerprint density at radius 2 is 1.86 bits per heavy atom. The van der Waals surface area contributed by atoms with E-state index in [0.29, 0.717) is 24.0 Å². The molecule has 2 heterocycles. The minimum Gasteiger partial charge on any atom is -0.493 e. The molecule has 2 aromatic carbocycles. The highest BCUT2D eigenvalue weighted by Crippen LogP contribution is 2.35. The van der Waals surface area contributed by atoms with Crippen LogP contribution in [-0.2, 0) is 0 Å². The quantitative estimate of drug-likeness (QED) is 0.600. The highest BCUT2D eigenvalue weighted by Gasteiger charge is 2.14. The summed E-state index contributed by atoms with van der Waals surface area (Å²) in [5.41, 5.74) is 0.756. The normalized spacial score (nSPS) is 14.8. The molecule has 1 fully saturated rings. The Kier molecular flexibility index (Phi) is 6.14. The lowest BCUT2D eigenvalue weighted by atomic mass is 10.2. The molecule has 0 bridgehead atoms. The van der Waals surface area contributed by atoms with Crippen molar-refractivity contribution in [3.8, 4) is 23.1 Å². The number of ether oxygens (including phenoxy) is 3. The van der Waals surface area contributed by atoms with E-state index >= 15 is 0 Å². The summed E-state index contributed by atoms with van der Waals surface area (Å²) in [6, 6.07) is 13.3. The average molecular weight is 398 g/mol. The molecule has 0 radical (unpaired) electrons. The topological polar surface area (TPSA) is 56.7 Å². The van der Waals surface area contributed by atoms with E-state index in [1.165, 1.54) is 17.8 Å². The molecule has 1 aromatic heterocycles. The van der Waals surface area contributed by atoms with Gasteiger partial charge in [-0.05, 0) is 18.2 Å². The molecular formula is C21H23N3O3S. The molecule has 0 unspecified atom stereocenters. The van der Waals surface area contributed by atoms with Gasteiger partial charge in [-0.15, -0.1) is 0 Å². The number of para-hydroxylation sites is 1. The first-order valence-electron chi connectivity index (χ1n) is 9.32. The van der Waals surface area contributed by atoms with Crippen LogP contribution in [0.3, 0.4) is 0 Å². The molecule has 1 aliphatic heterocycles. The van der Waals surface area contributed by atoms with Gasteiger partial charge in [0.05, 0.1) is 18.0 Å². The number of aromatic nitrogens is 2. The number of benzene rings is 2. The minimum atomic E-state index is 0.492. The number of hydrogen-bond donors (Lipinski definition) is 0. The van der Waals surface area contributed by atoms with E-state index in [2.05, 4.69) is 14.9 Å². The van der Waals surface area contributed by atoms with Crippen LogP contribution in [0.2, 0.25) is 0 Å². The predicted octanol–water partition coefficient (Wildman–Crippen LogP) is 3.86. The summed E-state index contributed by atoms with van der Waals surface area (Å²) >= 11 is 2.01. The smallest absolute Gasteiger partial charge is 0.230 e. The van der Waals surface area contributed by atoms with Crippen LogP contribution >= 0.6 is 11.8 Å². The van der Waals surface area contributed by atoms with Crippen molar-refractivity contribution >= 4 is 22.7 Å².